The number of hydrogen-bond acceptors (Lipinski definition) is 7. The van der Waals surface area contributed by atoms with Gasteiger partial charge in [0, 0.05) is 0 Å². The van der Waals surface area contributed by atoms with E-state index in [1.807, 2.05) is 0 Å². The van der Waals surface area contributed by atoms with Crippen LogP contribution in [0, 0.1) is 5.92 Å². The molecule has 0 aromatic rings. The highest BCUT2D eigenvalue weighted by Gasteiger charge is 2.20. The maximum absolute atomic E-state index is 10.7. The van der Waals surface area contributed by atoms with Gasteiger partial charge >= 0.3 is 10.4 Å². The summed E-state index contributed by atoms with van der Waals surface area (Å²) in [7, 11) is -4.30. The zero-order valence-electron chi connectivity index (χ0n) is 20.4. The molecule has 4 atom stereocenters. The minimum atomic E-state index is -4.30. The molecular weight excluding hydrogens is 422 g/mol. The van der Waals surface area contributed by atoms with Gasteiger partial charge in [0.1, 0.15) is 18.7 Å². The second-order valence-electron chi connectivity index (χ2n) is 8.33. The Morgan fingerprint density at radius 1 is 0.710 bits per heavy atom. The summed E-state index contributed by atoms with van der Waals surface area (Å²) in [6.45, 7) is 8.96. The van der Waals surface area contributed by atoms with E-state index in [2.05, 4.69) is 18.0 Å². The van der Waals surface area contributed by atoms with Gasteiger partial charge in [-0.05, 0) is 39.5 Å². The average molecular weight is 472 g/mol. The smallest absolute Gasteiger partial charge is 0.379 e. The zero-order valence-corrected chi connectivity index (χ0v) is 21.2. The zero-order chi connectivity index (χ0) is 24.3. The van der Waals surface area contributed by atoms with Crippen LogP contribution in [0.15, 0.2) is 0 Å². The Morgan fingerprint density at radius 2 is 1.06 bits per heavy atom. The molecule has 0 aliphatic heterocycles. The van der Waals surface area contributed by atoms with Crippen LogP contribution in [0.5, 0.6) is 0 Å². The molecule has 190 valence electrons. The Balaban J connectivity index is 0. The van der Waals surface area contributed by atoms with Crippen LogP contribution in [0.1, 0.15) is 112 Å². The average Bonchev–Trinajstić information content (AvgIpc) is 2.64. The molecule has 0 radical (unpaired) electrons. The molecule has 0 saturated carbocycles. The van der Waals surface area contributed by atoms with E-state index in [1.165, 1.54) is 77.0 Å². The van der Waals surface area contributed by atoms with E-state index in [-0.39, 0.29) is 12.5 Å². The summed E-state index contributed by atoms with van der Waals surface area (Å²) >= 11 is 0. The first-order chi connectivity index (χ1) is 14.5. The number of rotatable bonds is 18. The van der Waals surface area contributed by atoms with Gasteiger partial charge in [0.2, 0.25) is 0 Å². The van der Waals surface area contributed by atoms with Crippen molar-refractivity contribution in [3.8, 4) is 0 Å². The van der Waals surface area contributed by atoms with Gasteiger partial charge in [0.15, 0.2) is 0 Å². The summed E-state index contributed by atoms with van der Waals surface area (Å²) in [6.07, 6.45) is 11.6. The largest absolute Gasteiger partial charge is 0.397 e. The summed E-state index contributed by atoms with van der Waals surface area (Å²) in [4.78, 5) is 1.17. The van der Waals surface area contributed by atoms with Crippen LogP contribution < -0.4 is 0 Å². The van der Waals surface area contributed by atoms with E-state index in [1.54, 1.807) is 0 Å². The highest BCUT2D eigenvalue weighted by molar-refractivity contribution is 7.80. The van der Waals surface area contributed by atoms with Crippen LogP contribution in [-0.2, 0) is 14.6 Å². The predicted octanol–water partition coefficient (Wildman–Crippen LogP) is 4.45. The van der Waals surface area contributed by atoms with Crippen molar-refractivity contribution in [2.75, 3.05) is 6.61 Å². The summed E-state index contributed by atoms with van der Waals surface area (Å²) in [6, 6.07) is 0. The SMILES string of the molecule is CC(O)N(C(C)O)C(C)O.CCCCCCCCC(CCCCCC)COS(=O)(=O)O. The lowest BCUT2D eigenvalue weighted by Crippen LogP contribution is -2.45. The van der Waals surface area contributed by atoms with Crippen LogP contribution in [-0.4, -0.2) is 58.5 Å². The first-order valence-electron chi connectivity index (χ1n) is 11.9. The van der Waals surface area contributed by atoms with Crippen LogP contribution in [0.25, 0.3) is 0 Å². The Labute approximate surface area is 191 Å². The van der Waals surface area contributed by atoms with Crippen molar-refractivity contribution in [2.24, 2.45) is 5.92 Å². The lowest BCUT2D eigenvalue weighted by Gasteiger charge is -2.30. The predicted molar refractivity (Wildman–Crippen MR) is 125 cm³/mol. The van der Waals surface area contributed by atoms with Gasteiger partial charge in [-0.2, -0.15) is 8.42 Å². The van der Waals surface area contributed by atoms with Gasteiger partial charge in [-0.15, -0.1) is 0 Å². The highest BCUT2D eigenvalue weighted by Crippen LogP contribution is 2.19. The second kappa shape index (κ2) is 20.3. The molecule has 0 aliphatic carbocycles. The Kier molecular flexibility index (Phi) is 21.6. The molecule has 0 amide bonds. The van der Waals surface area contributed by atoms with E-state index in [4.69, 9.17) is 19.9 Å². The van der Waals surface area contributed by atoms with Crippen molar-refractivity contribution in [1.82, 2.24) is 4.90 Å². The Bertz CT molecular complexity index is 465. The summed E-state index contributed by atoms with van der Waals surface area (Å²) in [5, 5.41) is 26.9. The monoisotopic (exact) mass is 471 g/mol. The number of aliphatic hydroxyl groups is 3. The standard InChI is InChI=1S/C16H34O4S.C6H15NO3/c1-3-5-7-9-10-12-14-16(13-11-8-6-4-2)15-20-21(17,18)19;1-4(8)7(5(2)9)6(3)10/h16H,3-15H2,1-2H3,(H,17,18,19);4-6,8-10H,1-3H3. The topological polar surface area (TPSA) is 128 Å². The van der Waals surface area contributed by atoms with Crippen LogP contribution in [0.3, 0.4) is 0 Å². The first-order valence-corrected chi connectivity index (χ1v) is 13.3. The van der Waals surface area contributed by atoms with Gasteiger partial charge in [-0.3, -0.25) is 4.55 Å². The molecule has 0 rings (SSSR count). The number of nitrogens with zero attached hydrogens (tertiary/aromatic N) is 1. The molecule has 0 aromatic heterocycles. The van der Waals surface area contributed by atoms with Crippen LogP contribution >= 0.6 is 0 Å². The molecule has 4 unspecified atom stereocenters. The molecule has 4 N–H and O–H groups in total. The van der Waals surface area contributed by atoms with Gasteiger partial charge in [0.05, 0.1) is 6.61 Å². The number of unbranched alkanes of at least 4 members (excludes halogenated alkanes) is 8. The summed E-state index contributed by atoms with van der Waals surface area (Å²) in [5.74, 6) is 0.245. The Morgan fingerprint density at radius 3 is 1.39 bits per heavy atom. The Hall–Kier alpha value is -0.290. The molecule has 0 fully saturated rings. The molecule has 0 bridgehead atoms. The molecule has 8 nitrogen and oxygen atoms in total. The molecule has 9 heteroatoms. The molecule has 31 heavy (non-hydrogen) atoms. The van der Waals surface area contributed by atoms with Gasteiger partial charge in [-0.1, -0.05) is 78.1 Å². The third-order valence-corrected chi connectivity index (χ3v) is 5.61. The van der Waals surface area contributed by atoms with Crippen molar-refractivity contribution in [3.63, 3.8) is 0 Å². The lowest BCUT2D eigenvalue weighted by molar-refractivity contribution is -0.159. The maximum atomic E-state index is 10.7. The van der Waals surface area contributed by atoms with E-state index in [0.717, 1.165) is 25.7 Å². The molecule has 0 aliphatic rings. The van der Waals surface area contributed by atoms with Gasteiger partial charge in [0.25, 0.3) is 0 Å². The third kappa shape index (κ3) is 22.7. The fraction of sp³-hybridized carbons (Fsp3) is 1.00. The first kappa shape index (κ1) is 32.9. The summed E-state index contributed by atoms with van der Waals surface area (Å²) in [5.41, 5.74) is 0. The maximum Gasteiger partial charge on any atom is 0.397 e. The van der Waals surface area contributed by atoms with Crippen molar-refractivity contribution < 1.29 is 32.5 Å². The van der Waals surface area contributed by atoms with Gasteiger partial charge in [-0.25, -0.2) is 9.08 Å². The molecular formula is C22H49NO7S. The van der Waals surface area contributed by atoms with Gasteiger partial charge < -0.3 is 15.3 Å². The fourth-order valence-corrected chi connectivity index (χ4v) is 3.87. The van der Waals surface area contributed by atoms with Crippen molar-refractivity contribution in [3.05, 3.63) is 0 Å². The molecule has 0 saturated heterocycles. The minimum absolute atomic E-state index is 0.125. The molecule has 0 aromatic carbocycles. The summed E-state index contributed by atoms with van der Waals surface area (Å²) < 4.78 is 34.7. The van der Waals surface area contributed by atoms with Crippen molar-refractivity contribution >= 4 is 10.4 Å². The molecule has 0 spiro atoms. The third-order valence-electron chi connectivity index (χ3n) is 5.18. The normalized spacial score (nSPS) is 15.8. The second-order valence-corrected chi connectivity index (χ2v) is 9.42. The van der Waals surface area contributed by atoms with E-state index in [0.29, 0.717) is 0 Å². The number of hydrogen-bond donors (Lipinski definition) is 4. The lowest BCUT2D eigenvalue weighted by atomic mass is 9.95. The van der Waals surface area contributed by atoms with E-state index < -0.39 is 29.1 Å². The number of aliphatic hydroxyl groups excluding tert-OH is 3. The van der Waals surface area contributed by atoms with Crippen LogP contribution in [0.4, 0.5) is 0 Å². The minimum Gasteiger partial charge on any atom is -0.379 e. The highest BCUT2D eigenvalue weighted by atomic mass is 32.3. The van der Waals surface area contributed by atoms with Crippen LogP contribution in [0.2, 0.25) is 0 Å². The quantitative estimate of drug-likeness (QED) is 0.131. The fourth-order valence-electron chi connectivity index (χ4n) is 3.50. The van der Waals surface area contributed by atoms with Crippen molar-refractivity contribution in [2.45, 2.75) is 130 Å². The van der Waals surface area contributed by atoms with E-state index in [9.17, 15) is 8.42 Å². The van der Waals surface area contributed by atoms with Crippen molar-refractivity contribution in [1.29, 1.82) is 0 Å². The molecule has 0 heterocycles. The van der Waals surface area contributed by atoms with E-state index >= 15 is 0 Å².